The van der Waals surface area contributed by atoms with Crippen molar-refractivity contribution in [2.24, 2.45) is 16.7 Å². The minimum Gasteiger partial charge on any atom is -0.380 e. The molecule has 0 aromatic heterocycles. The van der Waals surface area contributed by atoms with Crippen LogP contribution in [-0.4, -0.2) is 6.04 Å². The lowest BCUT2D eigenvalue weighted by atomic mass is 9.68. The highest BCUT2D eigenvalue weighted by Crippen LogP contribution is 2.63. The van der Waals surface area contributed by atoms with Crippen molar-refractivity contribution >= 4 is 21.6 Å². The zero-order chi connectivity index (χ0) is 13.0. The van der Waals surface area contributed by atoms with Crippen LogP contribution in [0.15, 0.2) is 28.7 Å². The van der Waals surface area contributed by atoms with Crippen LogP contribution in [0.5, 0.6) is 0 Å². The van der Waals surface area contributed by atoms with Crippen molar-refractivity contribution in [2.75, 3.05) is 5.32 Å². The fraction of sp³-hybridized carbons (Fsp3) is 0.625. The summed E-state index contributed by atoms with van der Waals surface area (Å²) in [6.07, 6.45) is 4.18. The summed E-state index contributed by atoms with van der Waals surface area (Å²) in [6.45, 7) is 7.35. The van der Waals surface area contributed by atoms with E-state index < -0.39 is 0 Å². The van der Waals surface area contributed by atoms with Crippen LogP contribution in [0.3, 0.4) is 0 Å². The molecular formula is C16H22BrN. The first-order chi connectivity index (χ1) is 8.43. The van der Waals surface area contributed by atoms with Gasteiger partial charge in [-0.1, -0.05) is 32.9 Å². The molecule has 2 heteroatoms. The number of benzene rings is 1. The van der Waals surface area contributed by atoms with Gasteiger partial charge in [-0.05, 0) is 64.1 Å². The summed E-state index contributed by atoms with van der Waals surface area (Å²) < 4.78 is 1.17. The Morgan fingerprint density at radius 2 is 1.94 bits per heavy atom. The Morgan fingerprint density at radius 3 is 2.56 bits per heavy atom. The zero-order valence-electron chi connectivity index (χ0n) is 11.5. The van der Waals surface area contributed by atoms with Crippen molar-refractivity contribution in [1.82, 2.24) is 0 Å². The van der Waals surface area contributed by atoms with Crippen molar-refractivity contribution < 1.29 is 0 Å². The maximum atomic E-state index is 3.82. The van der Waals surface area contributed by atoms with E-state index in [0.717, 1.165) is 5.92 Å². The molecule has 2 fully saturated rings. The van der Waals surface area contributed by atoms with Crippen LogP contribution < -0.4 is 5.32 Å². The lowest BCUT2D eigenvalue weighted by Crippen LogP contribution is -2.45. The van der Waals surface area contributed by atoms with Gasteiger partial charge in [0, 0.05) is 16.2 Å². The highest BCUT2D eigenvalue weighted by molar-refractivity contribution is 9.10. The second-order valence-corrected chi connectivity index (χ2v) is 7.83. The average molecular weight is 308 g/mol. The molecule has 0 radical (unpaired) electrons. The van der Waals surface area contributed by atoms with Crippen LogP contribution >= 0.6 is 15.9 Å². The molecule has 1 nitrogen and oxygen atoms in total. The summed E-state index contributed by atoms with van der Waals surface area (Å²) in [5.74, 6) is 0.891. The number of rotatable bonds is 2. The first kappa shape index (κ1) is 12.5. The van der Waals surface area contributed by atoms with Gasteiger partial charge in [-0.2, -0.15) is 0 Å². The largest absolute Gasteiger partial charge is 0.380 e. The highest BCUT2D eigenvalue weighted by atomic mass is 79.9. The zero-order valence-corrected chi connectivity index (χ0v) is 13.0. The van der Waals surface area contributed by atoms with E-state index in [0.29, 0.717) is 16.9 Å². The Bertz CT molecular complexity index is 463. The maximum Gasteiger partial charge on any atom is 0.0487 e. The van der Waals surface area contributed by atoms with Gasteiger partial charge in [-0.25, -0.2) is 0 Å². The van der Waals surface area contributed by atoms with Crippen LogP contribution in [0.1, 0.15) is 40.0 Å². The van der Waals surface area contributed by atoms with E-state index >= 15 is 0 Å². The molecule has 1 aromatic carbocycles. The fourth-order valence-electron chi connectivity index (χ4n) is 4.40. The van der Waals surface area contributed by atoms with E-state index in [1.807, 2.05) is 0 Å². The molecule has 3 rings (SSSR count). The summed E-state index contributed by atoms with van der Waals surface area (Å²) in [5, 5.41) is 3.82. The number of anilines is 1. The van der Waals surface area contributed by atoms with E-state index in [4.69, 9.17) is 0 Å². The Labute approximate surface area is 118 Å². The summed E-state index contributed by atoms with van der Waals surface area (Å²) in [5.41, 5.74) is 2.12. The molecule has 2 bridgehead atoms. The van der Waals surface area contributed by atoms with Crippen molar-refractivity contribution in [1.29, 1.82) is 0 Å². The molecule has 3 unspecified atom stereocenters. The molecule has 0 spiro atoms. The molecule has 98 valence electrons. The predicted molar refractivity (Wildman–Crippen MR) is 80.8 cm³/mol. The van der Waals surface area contributed by atoms with Crippen LogP contribution in [-0.2, 0) is 0 Å². The molecule has 0 heterocycles. The predicted octanol–water partition coefficient (Wildman–Crippen LogP) is 5.08. The molecule has 2 aliphatic carbocycles. The number of para-hydroxylation sites is 1. The molecule has 2 aliphatic rings. The molecule has 0 amide bonds. The van der Waals surface area contributed by atoms with Gasteiger partial charge in [0.15, 0.2) is 0 Å². The van der Waals surface area contributed by atoms with Crippen LogP contribution in [0, 0.1) is 16.7 Å². The summed E-state index contributed by atoms with van der Waals surface area (Å²) in [7, 11) is 0. The maximum absolute atomic E-state index is 3.82. The van der Waals surface area contributed by atoms with Crippen molar-refractivity contribution in [3.63, 3.8) is 0 Å². The first-order valence-corrected chi connectivity index (χ1v) is 7.74. The van der Waals surface area contributed by atoms with Crippen molar-refractivity contribution in [3.05, 3.63) is 28.7 Å². The second kappa shape index (κ2) is 4.00. The van der Waals surface area contributed by atoms with Gasteiger partial charge in [-0.3, -0.25) is 0 Å². The molecule has 0 saturated heterocycles. The monoisotopic (exact) mass is 307 g/mol. The standard InChI is InChI=1S/C16H22BrN/c1-15(2)11-8-9-16(3,10-11)14(15)18-13-7-5-4-6-12(13)17/h4-7,11,14,18H,8-10H2,1-3H3. The minimum absolute atomic E-state index is 0.405. The lowest BCUT2D eigenvalue weighted by molar-refractivity contribution is 0.155. The minimum atomic E-state index is 0.405. The number of nitrogens with one attached hydrogen (secondary N) is 1. The Hall–Kier alpha value is -0.500. The lowest BCUT2D eigenvalue weighted by Gasteiger charge is -2.43. The Balaban J connectivity index is 1.91. The summed E-state index contributed by atoms with van der Waals surface area (Å²) in [4.78, 5) is 0. The first-order valence-electron chi connectivity index (χ1n) is 6.94. The molecule has 0 aliphatic heterocycles. The molecule has 2 saturated carbocycles. The third-order valence-electron chi connectivity index (χ3n) is 5.44. The van der Waals surface area contributed by atoms with Gasteiger partial charge in [0.05, 0.1) is 0 Å². The number of halogens is 1. The van der Waals surface area contributed by atoms with Gasteiger partial charge in [0.2, 0.25) is 0 Å². The van der Waals surface area contributed by atoms with Crippen molar-refractivity contribution in [3.8, 4) is 0 Å². The number of hydrogen-bond acceptors (Lipinski definition) is 1. The Kier molecular flexibility index (Phi) is 2.78. The van der Waals surface area contributed by atoms with Crippen molar-refractivity contribution in [2.45, 2.75) is 46.1 Å². The molecule has 3 atom stereocenters. The molecular weight excluding hydrogens is 286 g/mol. The molecule has 18 heavy (non-hydrogen) atoms. The normalized spacial score (nSPS) is 36.9. The van der Waals surface area contributed by atoms with Gasteiger partial charge in [0.25, 0.3) is 0 Å². The van der Waals surface area contributed by atoms with Crippen LogP contribution in [0.4, 0.5) is 5.69 Å². The van der Waals surface area contributed by atoms with Crippen LogP contribution in [0.2, 0.25) is 0 Å². The van der Waals surface area contributed by atoms with E-state index in [-0.39, 0.29) is 0 Å². The third kappa shape index (κ3) is 1.72. The third-order valence-corrected chi connectivity index (χ3v) is 6.13. The summed E-state index contributed by atoms with van der Waals surface area (Å²) in [6, 6.07) is 9.06. The smallest absolute Gasteiger partial charge is 0.0487 e. The van der Waals surface area contributed by atoms with Gasteiger partial charge >= 0.3 is 0 Å². The van der Waals surface area contributed by atoms with Gasteiger partial charge in [-0.15, -0.1) is 0 Å². The van der Waals surface area contributed by atoms with Crippen LogP contribution in [0.25, 0.3) is 0 Å². The average Bonchev–Trinajstić information content (AvgIpc) is 2.78. The quantitative estimate of drug-likeness (QED) is 0.803. The number of hydrogen-bond donors (Lipinski definition) is 1. The highest BCUT2D eigenvalue weighted by Gasteiger charge is 2.59. The van der Waals surface area contributed by atoms with Gasteiger partial charge < -0.3 is 5.32 Å². The fourth-order valence-corrected chi connectivity index (χ4v) is 4.80. The van der Waals surface area contributed by atoms with E-state index in [9.17, 15) is 0 Å². The van der Waals surface area contributed by atoms with E-state index in [1.165, 1.54) is 29.4 Å². The number of fused-ring (bicyclic) bond motifs is 2. The molecule has 1 aromatic rings. The molecule has 1 N–H and O–H groups in total. The van der Waals surface area contributed by atoms with E-state index in [1.54, 1.807) is 0 Å². The Morgan fingerprint density at radius 1 is 1.22 bits per heavy atom. The van der Waals surface area contributed by atoms with Gasteiger partial charge in [0.1, 0.15) is 0 Å². The second-order valence-electron chi connectivity index (χ2n) is 6.97. The summed E-state index contributed by atoms with van der Waals surface area (Å²) >= 11 is 3.65. The van der Waals surface area contributed by atoms with E-state index in [2.05, 4.69) is 66.3 Å². The SMILES string of the molecule is CC12CCC(C1)C(C)(C)C2Nc1ccccc1Br. The topological polar surface area (TPSA) is 12.0 Å².